The molecule has 4 heteroatoms. The van der Waals surface area contributed by atoms with E-state index in [0.29, 0.717) is 0 Å². The van der Waals surface area contributed by atoms with Crippen LogP contribution in [0.1, 0.15) is 36.6 Å². The third kappa shape index (κ3) is 3.32. The standard InChI is InChI=1S/C15H17Cl2NS/c1-3-10-7-5-6-8-11(10)14(18-4-2)12-9-13(16)19-15(12)17/h5-9,14,18H,3-4H2,1-2H3. The molecule has 1 unspecified atom stereocenters. The van der Waals surface area contributed by atoms with E-state index in [0.717, 1.165) is 27.2 Å². The molecule has 0 saturated carbocycles. The lowest BCUT2D eigenvalue weighted by Gasteiger charge is -2.21. The minimum Gasteiger partial charge on any atom is -0.306 e. The average Bonchev–Trinajstić information content (AvgIpc) is 2.75. The Bertz CT molecular complexity index is 551. The molecule has 0 bridgehead atoms. The van der Waals surface area contributed by atoms with Gasteiger partial charge < -0.3 is 5.32 Å². The first-order chi connectivity index (χ1) is 9.17. The lowest BCUT2D eigenvalue weighted by atomic mass is 9.95. The van der Waals surface area contributed by atoms with Crippen molar-refractivity contribution in [2.24, 2.45) is 0 Å². The van der Waals surface area contributed by atoms with E-state index in [-0.39, 0.29) is 6.04 Å². The minimum atomic E-state index is 0.109. The monoisotopic (exact) mass is 313 g/mol. The molecule has 2 rings (SSSR count). The van der Waals surface area contributed by atoms with Gasteiger partial charge in [0.1, 0.15) is 0 Å². The molecule has 1 N–H and O–H groups in total. The summed E-state index contributed by atoms with van der Waals surface area (Å²) in [6, 6.07) is 10.6. The largest absolute Gasteiger partial charge is 0.306 e. The van der Waals surface area contributed by atoms with Gasteiger partial charge in [-0.25, -0.2) is 0 Å². The lowest BCUT2D eigenvalue weighted by Crippen LogP contribution is -2.22. The molecule has 0 aliphatic heterocycles. The topological polar surface area (TPSA) is 12.0 Å². The molecule has 19 heavy (non-hydrogen) atoms. The van der Waals surface area contributed by atoms with Crippen molar-refractivity contribution in [1.82, 2.24) is 5.32 Å². The fraction of sp³-hybridized carbons (Fsp3) is 0.333. The van der Waals surface area contributed by atoms with Crippen molar-refractivity contribution in [3.05, 3.63) is 55.7 Å². The lowest BCUT2D eigenvalue weighted by molar-refractivity contribution is 0.627. The van der Waals surface area contributed by atoms with Crippen LogP contribution in [0.3, 0.4) is 0 Å². The Labute approximate surface area is 128 Å². The molecule has 1 heterocycles. The molecule has 0 spiro atoms. The zero-order chi connectivity index (χ0) is 13.8. The van der Waals surface area contributed by atoms with Gasteiger partial charge in [0.25, 0.3) is 0 Å². The van der Waals surface area contributed by atoms with Gasteiger partial charge in [0.15, 0.2) is 0 Å². The molecule has 0 aliphatic rings. The highest BCUT2D eigenvalue weighted by molar-refractivity contribution is 7.20. The number of aryl methyl sites for hydroxylation is 1. The Hall–Kier alpha value is -0.540. The fourth-order valence-corrected chi connectivity index (χ4v) is 3.81. The molecular weight excluding hydrogens is 297 g/mol. The third-order valence-corrected chi connectivity index (χ3v) is 4.67. The summed E-state index contributed by atoms with van der Waals surface area (Å²) in [5.41, 5.74) is 3.69. The number of rotatable bonds is 5. The summed E-state index contributed by atoms with van der Waals surface area (Å²) in [5.74, 6) is 0. The van der Waals surface area contributed by atoms with Crippen LogP contribution in [0, 0.1) is 0 Å². The number of halogens is 2. The van der Waals surface area contributed by atoms with E-state index in [1.807, 2.05) is 6.07 Å². The Morgan fingerprint density at radius 3 is 2.47 bits per heavy atom. The second kappa shape index (κ2) is 6.76. The normalized spacial score (nSPS) is 12.6. The zero-order valence-corrected chi connectivity index (χ0v) is 13.4. The first-order valence-electron chi connectivity index (χ1n) is 6.43. The maximum Gasteiger partial charge on any atom is 0.0995 e. The van der Waals surface area contributed by atoms with E-state index >= 15 is 0 Å². The molecule has 0 aliphatic carbocycles. The van der Waals surface area contributed by atoms with Gasteiger partial charge in [0.05, 0.1) is 14.7 Å². The summed E-state index contributed by atoms with van der Waals surface area (Å²) in [4.78, 5) is 0. The Morgan fingerprint density at radius 2 is 1.89 bits per heavy atom. The van der Waals surface area contributed by atoms with Gasteiger partial charge in [-0.2, -0.15) is 0 Å². The van der Waals surface area contributed by atoms with Crippen molar-refractivity contribution in [2.45, 2.75) is 26.3 Å². The van der Waals surface area contributed by atoms with Crippen molar-refractivity contribution in [3.8, 4) is 0 Å². The van der Waals surface area contributed by atoms with E-state index in [9.17, 15) is 0 Å². The van der Waals surface area contributed by atoms with Gasteiger partial charge in [-0.3, -0.25) is 0 Å². The van der Waals surface area contributed by atoms with Gasteiger partial charge in [-0.15, -0.1) is 11.3 Å². The van der Waals surface area contributed by atoms with Crippen LogP contribution in [0.5, 0.6) is 0 Å². The molecule has 1 aromatic heterocycles. The van der Waals surface area contributed by atoms with Crippen LogP contribution < -0.4 is 5.32 Å². The van der Waals surface area contributed by atoms with Gasteiger partial charge in [0, 0.05) is 5.56 Å². The average molecular weight is 314 g/mol. The predicted molar refractivity (Wildman–Crippen MR) is 85.7 cm³/mol. The van der Waals surface area contributed by atoms with Crippen LogP contribution in [0.15, 0.2) is 30.3 Å². The Morgan fingerprint density at radius 1 is 1.16 bits per heavy atom. The molecule has 1 atom stereocenters. The molecule has 0 saturated heterocycles. The Kier molecular flexibility index (Phi) is 5.28. The molecule has 1 aromatic carbocycles. The number of thiophene rings is 1. The highest BCUT2D eigenvalue weighted by Gasteiger charge is 2.20. The van der Waals surface area contributed by atoms with E-state index in [1.54, 1.807) is 0 Å². The number of nitrogens with one attached hydrogen (secondary N) is 1. The van der Waals surface area contributed by atoms with E-state index in [4.69, 9.17) is 23.2 Å². The molecule has 2 aromatic rings. The molecule has 0 radical (unpaired) electrons. The van der Waals surface area contributed by atoms with Crippen LogP contribution in [0.25, 0.3) is 0 Å². The zero-order valence-electron chi connectivity index (χ0n) is 11.0. The Balaban J connectivity index is 2.48. The van der Waals surface area contributed by atoms with Gasteiger partial charge in [-0.05, 0) is 30.2 Å². The summed E-state index contributed by atoms with van der Waals surface area (Å²) < 4.78 is 1.50. The molecule has 102 valence electrons. The molecule has 0 fully saturated rings. The second-order valence-electron chi connectivity index (χ2n) is 4.32. The quantitative estimate of drug-likeness (QED) is 0.788. The van der Waals surface area contributed by atoms with Gasteiger partial charge in [0.2, 0.25) is 0 Å². The summed E-state index contributed by atoms with van der Waals surface area (Å²) in [7, 11) is 0. The van der Waals surface area contributed by atoms with Gasteiger partial charge >= 0.3 is 0 Å². The summed E-state index contributed by atoms with van der Waals surface area (Å²) in [6.07, 6.45) is 1.01. The first-order valence-corrected chi connectivity index (χ1v) is 8.00. The van der Waals surface area contributed by atoms with Crippen LogP contribution >= 0.6 is 34.5 Å². The molecule has 0 amide bonds. The van der Waals surface area contributed by atoms with E-state index in [1.165, 1.54) is 22.5 Å². The highest BCUT2D eigenvalue weighted by Crippen LogP contribution is 2.38. The highest BCUT2D eigenvalue weighted by atomic mass is 35.5. The maximum atomic E-state index is 6.32. The van der Waals surface area contributed by atoms with Crippen molar-refractivity contribution in [3.63, 3.8) is 0 Å². The molecular formula is C15H17Cl2NS. The third-order valence-electron chi connectivity index (χ3n) is 3.15. The number of benzene rings is 1. The van der Waals surface area contributed by atoms with Crippen LogP contribution in [-0.4, -0.2) is 6.54 Å². The smallest absolute Gasteiger partial charge is 0.0995 e. The van der Waals surface area contributed by atoms with Crippen LogP contribution in [-0.2, 0) is 6.42 Å². The van der Waals surface area contributed by atoms with Gasteiger partial charge in [-0.1, -0.05) is 61.3 Å². The van der Waals surface area contributed by atoms with Crippen molar-refractivity contribution >= 4 is 34.5 Å². The van der Waals surface area contributed by atoms with Crippen molar-refractivity contribution in [1.29, 1.82) is 0 Å². The fourth-order valence-electron chi connectivity index (χ4n) is 2.28. The maximum absolute atomic E-state index is 6.32. The number of hydrogen-bond donors (Lipinski definition) is 1. The van der Waals surface area contributed by atoms with E-state index < -0.39 is 0 Å². The second-order valence-corrected chi connectivity index (χ2v) is 6.61. The van der Waals surface area contributed by atoms with Crippen LogP contribution in [0.4, 0.5) is 0 Å². The van der Waals surface area contributed by atoms with Crippen molar-refractivity contribution in [2.75, 3.05) is 6.54 Å². The summed E-state index contributed by atoms with van der Waals surface area (Å²) >= 11 is 13.8. The number of hydrogen-bond acceptors (Lipinski definition) is 2. The summed E-state index contributed by atoms with van der Waals surface area (Å²) in [5, 5.41) is 3.51. The minimum absolute atomic E-state index is 0.109. The van der Waals surface area contributed by atoms with E-state index in [2.05, 4.69) is 43.4 Å². The SMILES string of the molecule is CCNC(c1ccccc1CC)c1cc(Cl)sc1Cl. The first kappa shape index (κ1) is 14.9. The van der Waals surface area contributed by atoms with Crippen molar-refractivity contribution < 1.29 is 0 Å². The van der Waals surface area contributed by atoms with Crippen LogP contribution in [0.2, 0.25) is 8.67 Å². The summed E-state index contributed by atoms with van der Waals surface area (Å²) in [6.45, 7) is 5.15. The predicted octanol–water partition coefficient (Wildman–Crippen LogP) is 5.32. The molecule has 1 nitrogen and oxygen atoms in total.